The lowest BCUT2D eigenvalue weighted by Crippen LogP contribution is -2.29. The first kappa shape index (κ1) is 12.0. The summed E-state index contributed by atoms with van der Waals surface area (Å²) in [5, 5.41) is 0. The van der Waals surface area contributed by atoms with Crippen LogP contribution in [0.2, 0.25) is 0 Å². The van der Waals surface area contributed by atoms with Crippen molar-refractivity contribution in [1.29, 1.82) is 0 Å². The van der Waals surface area contributed by atoms with Crippen LogP contribution in [0, 0.1) is 5.92 Å². The molecule has 0 fully saturated rings. The molecule has 0 spiro atoms. The molecule has 2 atom stereocenters. The summed E-state index contributed by atoms with van der Waals surface area (Å²) >= 11 is 0. The second-order valence-corrected chi connectivity index (χ2v) is 3.87. The number of allylic oxidation sites excluding steroid dienone is 2. The number of rotatable bonds is 2. The van der Waals surface area contributed by atoms with Gasteiger partial charge in [-0.2, -0.15) is 0 Å². The number of esters is 1. The summed E-state index contributed by atoms with van der Waals surface area (Å²) in [5.41, 5.74) is 0. The predicted octanol–water partition coefficient (Wildman–Crippen LogP) is 2.25. The minimum absolute atomic E-state index is 0.168. The molecule has 0 amide bonds. The maximum Gasteiger partial charge on any atom is 0.306 e. The first-order valence-electron chi connectivity index (χ1n) is 5.52. The topological polar surface area (TPSA) is 43.4 Å². The smallest absolute Gasteiger partial charge is 0.306 e. The number of cyclic esters (lactones) is 1. The van der Waals surface area contributed by atoms with E-state index in [1.807, 2.05) is 19.1 Å². The van der Waals surface area contributed by atoms with Crippen molar-refractivity contribution in [2.24, 2.45) is 5.92 Å². The molecule has 0 aromatic carbocycles. The molecule has 1 heterocycles. The summed E-state index contributed by atoms with van der Waals surface area (Å²) < 4.78 is 5.21. The molecule has 0 aromatic heterocycles. The molecule has 0 radical (unpaired) electrons. The Morgan fingerprint density at radius 2 is 2.27 bits per heavy atom. The third kappa shape index (κ3) is 3.50. The molecule has 0 aromatic rings. The van der Waals surface area contributed by atoms with E-state index in [-0.39, 0.29) is 23.8 Å². The number of carbonyl (C=O) groups excluding carboxylic acids is 2. The van der Waals surface area contributed by atoms with E-state index in [2.05, 4.69) is 0 Å². The average molecular weight is 210 g/mol. The predicted molar refractivity (Wildman–Crippen MR) is 57.3 cm³/mol. The van der Waals surface area contributed by atoms with Gasteiger partial charge >= 0.3 is 5.97 Å². The van der Waals surface area contributed by atoms with E-state index in [0.29, 0.717) is 25.7 Å². The zero-order valence-electron chi connectivity index (χ0n) is 9.36. The Kier molecular flexibility index (Phi) is 4.53. The van der Waals surface area contributed by atoms with Crippen molar-refractivity contribution in [3.05, 3.63) is 12.2 Å². The molecule has 1 aliphatic rings. The van der Waals surface area contributed by atoms with Crippen LogP contribution < -0.4 is 0 Å². The minimum Gasteiger partial charge on any atom is -0.462 e. The van der Waals surface area contributed by atoms with Crippen LogP contribution in [0.5, 0.6) is 0 Å². The standard InChI is InChI=1S/C12H18O3/c1-3-11(13)10-7-5-4-6-8-12(14)15-9(10)2/h4-5,9-10H,3,6-8H2,1-2H3/b5-4+/t9-,10+/m1/s1. The van der Waals surface area contributed by atoms with Gasteiger partial charge in [0, 0.05) is 12.8 Å². The van der Waals surface area contributed by atoms with E-state index in [0.717, 1.165) is 0 Å². The fourth-order valence-corrected chi connectivity index (χ4v) is 1.76. The monoisotopic (exact) mass is 210 g/mol. The molecule has 3 nitrogen and oxygen atoms in total. The Hall–Kier alpha value is -1.12. The molecule has 0 aliphatic carbocycles. The first-order valence-corrected chi connectivity index (χ1v) is 5.52. The molecule has 3 heteroatoms. The highest BCUT2D eigenvalue weighted by molar-refractivity contribution is 5.82. The van der Waals surface area contributed by atoms with E-state index < -0.39 is 0 Å². The molecule has 0 unspecified atom stereocenters. The van der Waals surface area contributed by atoms with Crippen LogP contribution in [0.3, 0.4) is 0 Å². The fourth-order valence-electron chi connectivity index (χ4n) is 1.76. The van der Waals surface area contributed by atoms with Gasteiger partial charge in [-0.05, 0) is 19.8 Å². The molecular formula is C12H18O3. The fraction of sp³-hybridized carbons (Fsp3) is 0.667. The largest absolute Gasteiger partial charge is 0.462 e. The first-order chi connectivity index (χ1) is 7.15. The third-order valence-corrected chi connectivity index (χ3v) is 2.72. The highest BCUT2D eigenvalue weighted by atomic mass is 16.5. The lowest BCUT2D eigenvalue weighted by molar-refractivity contribution is -0.152. The number of Topliss-reactive ketones (excluding diaryl/α,β-unsaturated/α-hetero) is 1. The van der Waals surface area contributed by atoms with Gasteiger partial charge in [0.25, 0.3) is 0 Å². The molecule has 1 rings (SSSR count). The lowest BCUT2D eigenvalue weighted by Gasteiger charge is -2.20. The van der Waals surface area contributed by atoms with Crippen molar-refractivity contribution >= 4 is 11.8 Å². The molecule has 84 valence electrons. The van der Waals surface area contributed by atoms with Crippen LogP contribution in [0.4, 0.5) is 0 Å². The highest BCUT2D eigenvalue weighted by Gasteiger charge is 2.26. The Labute approximate surface area is 90.5 Å². The second-order valence-electron chi connectivity index (χ2n) is 3.87. The van der Waals surface area contributed by atoms with Gasteiger partial charge in [0.1, 0.15) is 11.9 Å². The molecule has 1 aliphatic heterocycles. The quantitative estimate of drug-likeness (QED) is 0.518. The maximum atomic E-state index is 11.6. The van der Waals surface area contributed by atoms with Crippen LogP contribution in [0.25, 0.3) is 0 Å². The number of ether oxygens (including phenoxy) is 1. The Morgan fingerprint density at radius 1 is 1.53 bits per heavy atom. The van der Waals surface area contributed by atoms with E-state index in [4.69, 9.17) is 4.74 Å². The van der Waals surface area contributed by atoms with E-state index >= 15 is 0 Å². The van der Waals surface area contributed by atoms with E-state index in [1.165, 1.54) is 0 Å². The average Bonchev–Trinajstić information content (AvgIpc) is 2.28. The molecule has 0 saturated carbocycles. The lowest BCUT2D eigenvalue weighted by atomic mass is 9.93. The van der Waals surface area contributed by atoms with Crippen LogP contribution in [0.1, 0.15) is 39.5 Å². The maximum absolute atomic E-state index is 11.6. The van der Waals surface area contributed by atoms with Crippen LogP contribution in [0.15, 0.2) is 12.2 Å². The molecular weight excluding hydrogens is 192 g/mol. The summed E-state index contributed by atoms with van der Waals surface area (Å²) in [6.45, 7) is 3.64. The Bertz CT molecular complexity index is 268. The van der Waals surface area contributed by atoms with Crippen molar-refractivity contribution in [2.75, 3.05) is 0 Å². The molecule has 15 heavy (non-hydrogen) atoms. The molecule has 0 N–H and O–H groups in total. The van der Waals surface area contributed by atoms with E-state index in [9.17, 15) is 9.59 Å². The van der Waals surface area contributed by atoms with Gasteiger partial charge in [-0.25, -0.2) is 0 Å². The van der Waals surface area contributed by atoms with E-state index in [1.54, 1.807) is 6.92 Å². The van der Waals surface area contributed by atoms with Crippen molar-refractivity contribution in [3.8, 4) is 0 Å². The minimum atomic E-state index is -0.298. The van der Waals surface area contributed by atoms with Crippen molar-refractivity contribution < 1.29 is 14.3 Å². The number of hydrogen-bond acceptors (Lipinski definition) is 3. The molecule has 0 saturated heterocycles. The van der Waals surface area contributed by atoms with Crippen LogP contribution in [-0.4, -0.2) is 17.9 Å². The summed E-state index contributed by atoms with van der Waals surface area (Å²) in [5.74, 6) is -0.210. The van der Waals surface area contributed by atoms with Gasteiger partial charge in [-0.15, -0.1) is 0 Å². The summed E-state index contributed by atoms with van der Waals surface area (Å²) in [4.78, 5) is 22.9. The zero-order valence-corrected chi connectivity index (χ0v) is 9.36. The van der Waals surface area contributed by atoms with Crippen molar-refractivity contribution in [2.45, 2.75) is 45.6 Å². The normalized spacial score (nSPS) is 29.6. The highest BCUT2D eigenvalue weighted by Crippen LogP contribution is 2.19. The van der Waals surface area contributed by atoms with Gasteiger partial charge in [0.15, 0.2) is 0 Å². The summed E-state index contributed by atoms with van der Waals surface area (Å²) in [6.07, 6.45) is 5.94. The number of hydrogen-bond donors (Lipinski definition) is 0. The van der Waals surface area contributed by atoms with Crippen molar-refractivity contribution in [1.82, 2.24) is 0 Å². The van der Waals surface area contributed by atoms with Crippen molar-refractivity contribution in [3.63, 3.8) is 0 Å². The van der Waals surface area contributed by atoms with Gasteiger partial charge in [0.05, 0.1) is 5.92 Å². The Balaban J connectivity index is 2.73. The van der Waals surface area contributed by atoms with Gasteiger partial charge < -0.3 is 4.74 Å². The van der Waals surface area contributed by atoms with Crippen LogP contribution in [-0.2, 0) is 14.3 Å². The van der Waals surface area contributed by atoms with Crippen LogP contribution >= 0.6 is 0 Å². The number of ketones is 1. The molecule has 0 bridgehead atoms. The number of carbonyl (C=O) groups is 2. The Morgan fingerprint density at radius 3 is 2.93 bits per heavy atom. The zero-order chi connectivity index (χ0) is 11.3. The third-order valence-electron chi connectivity index (χ3n) is 2.72. The SMILES string of the molecule is CCC(=O)[C@H]1C/C=C/CCC(=O)O[C@@H]1C. The summed E-state index contributed by atoms with van der Waals surface area (Å²) in [7, 11) is 0. The van der Waals surface area contributed by atoms with Gasteiger partial charge in [-0.1, -0.05) is 19.1 Å². The van der Waals surface area contributed by atoms with Gasteiger partial charge in [0.2, 0.25) is 0 Å². The van der Waals surface area contributed by atoms with Gasteiger partial charge in [-0.3, -0.25) is 9.59 Å². The summed E-state index contributed by atoms with van der Waals surface area (Å²) in [6, 6.07) is 0. The second kappa shape index (κ2) is 5.69.